The summed E-state index contributed by atoms with van der Waals surface area (Å²) >= 11 is 0. The molecule has 0 saturated carbocycles. The summed E-state index contributed by atoms with van der Waals surface area (Å²) in [5.74, 6) is 0.838. The van der Waals surface area contributed by atoms with Crippen molar-refractivity contribution >= 4 is 0 Å². The van der Waals surface area contributed by atoms with Gasteiger partial charge in [0, 0.05) is 30.9 Å². The quantitative estimate of drug-likeness (QED) is 0.864. The summed E-state index contributed by atoms with van der Waals surface area (Å²) < 4.78 is 2.01. The number of aryl methyl sites for hydroxylation is 1. The number of piperidine rings is 1. The van der Waals surface area contributed by atoms with Crippen molar-refractivity contribution in [3.63, 3.8) is 0 Å². The van der Waals surface area contributed by atoms with Crippen molar-refractivity contribution in [2.45, 2.75) is 45.8 Å². The molecule has 1 aromatic heterocycles. The molecule has 1 aliphatic heterocycles. The van der Waals surface area contributed by atoms with Crippen molar-refractivity contribution in [2.75, 3.05) is 20.1 Å². The number of aromatic nitrogens is 2. The third-order valence-corrected chi connectivity index (χ3v) is 4.21. The molecule has 1 unspecified atom stereocenters. The van der Waals surface area contributed by atoms with E-state index in [-0.39, 0.29) is 0 Å². The molecule has 1 saturated heterocycles. The molecule has 18 heavy (non-hydrogen) atoms. The molecule has 0 spiro atoms. The lowest BCUT2D eigenvalue weighted by Gasteiger charge is -2.34. The number of hydrogen-bond acceptors (Lipinski definition) is 3. The standard InChI is InChI=1S/C14H26N4/c1-4-18-11-13(9-16-18)10-17-7-5-14(6-8-17)12(2)15-3/h9,11-12,14-15H,4-8,10H2,1-3H3. The van der Waals surface area contributed by atoms with E-state index in [0.29, 0.717) is 6.04 Å². The Morgan fingerprint density at radius 3 is 2.72 bits per heavy atom. The topological polar surface area (TPSA) is 33.1 Å². The van der Waals surface area contributed by atoms with E-state index >= 15 is 0 Å². The Balaban J connectivity index is 1.79. The lowest BCUT2D eigenvalue weighted by Crippen LogP contribution is -2.40. The van der Waals surface area contributed by atoms with Gasteiger partial charge in [-0.3, -0.25) is 9.58 Å². The fourth-order valence-corrected chi connectivity index (χ4v) is 2.77. The fourth-order valence-electron chi connectivity index (χ4n) is 2.77. The normalized spacial score (nSPS) is 20.2. The molecule has 0 radical (unpaired) electrons. The van der Waals surface area contributed by atoms with E-state index in [9.17, 15) is 0 Å². The molecule has 1 aliphatic rings. The number of rotatable bonds is 5. The van der Waals surface area contributed by atoms with E-state index in [0.717, 1.165) is 19.0 Å². The van der Waals surface area contributed by atoms with Crippen LogP contribution in [-0.4, -0.2) is 40.9 Å². The van der Waals surface area contributed by atoms with Gasteiger partial charge >= 0.3 is 0 Å². The van der Waals surface area contributed by atoms with Crippen molar-refractivity contribution in [3.05, 3.63) is 18.0 Å². The number of nitrogens with zero attached hydrogens (tertiary/aromatic N) is 3. The van der Waals surface area contributed by atoms with E-state index in [1.807, 2.05) is 10.9 Å². The summed E-state index contributed by atoms with van der Waals surface area (Å²) in [4.78, 5) is 2.55. The van der Waals surface area contributed by atoms with Crippen LogP contribution in [0.1, 0.15) is 32.3 Å². The first-order valence-electron chi connectivity index (χ1n) is 7.14. The second-order valence-electron chi connectivity index (χ2n) is 5.40. The molecule has 2 rings (SSSR count). The van der Waals surface area contributed by atoms with E-state index in [1.54, 1.807) is 0 Å². The SMILES string of the molecule is CCn1cc(CN2CCC(C(C)NC)CC2)cn1. The fraction of sp³-hybridized carbons (Fsp3) is 0.786. The van der Waals surface area contributed by atoms with Gasteiger partial charge in [0.1, 0.15) is 0 Å². The third kappa shape index (κ3) is 3.33. The van der Waals surface area contributed by atoms with Crippen LogP contribution in [0.5, 0.6) is 0 Å². The van der Waals surface area contributed by atoms with Crippen LogP contribution in [0.4, 0.5) is 0 Å². The van der Waals surface area contributed by atoms with Crippen molar-refractivity contribution in [1.29, 1.82) is 0 Å². The summed E-state index contributed by atoms with van der Waals surface area (Å²) in [5.41, 5.74) is 1.34. The Labute approximate surface area is 110 Å². The minimum atomic E-state index is 0.648. The average Bonchev–Trinajstić information content (AvgIpc) is 2.86. The van der Waals surface area contributed by atoms with Gasteiger partial charge < -0.3 is 5.32 Å². The Hall–Kier alpha value is -0.870. The van der Waals surface area contributed by atoms with Gasteiger partial charge in [-0.2, -0.15) is 5.10 Å². The highest BCUT2D eigenvalue weighted by atomic mass is 15.3. The maximum Gasteiger partial charge on any atom is 0.0534 e. The van der Waals surface area contributed by atoms with Crippen LogP contribution in [0.3, 0.4) is 0 Å². The summed E-state index contributed by atoms with van der Waals surface area (Å²) in [7, 11) is 2.07. The first kappa shape index (κ1) is 13.6. The molecule has 0 amide bonds. The van der Waals surface area contributed by atoms with Gasteiger partial charge in [0.25, 0.3) is 0 Å². The van der Waals surface area contributed by atoms with E-state index in [4.69, 9.17) is 0 Å². The maximum atomic E-state index is 4.34. The van der Waals surface area contributed by atoms with Crippen molar-refractivity contribution < 1.29 is 0 Å². The van der Waals surface area contributed by atoms with E-state index in [1.165, 1.54) is 31.5 Å². The molecule has 4 heteroatoms. The molecule has 1 aromatic rings. The third-order valence-electron chi connectivity index (χ3n) is 4.21. The Morgan fingerprint density at radius 1 is 1.44 bits per heavy atom. The predicted octanol–water partition coefficient (Wildman–Crippen LogP) is 1.72. The lowest BCUT2D eigenvalue weighted by atomic mass is 9.90. The lowest BCUT2D eigenvalue weighted by molar-refractivity contribution is 0.159. The number of hydrogen-bond donors (Lipinski definition) is 1. The summed E-state index contributed by atoms with van der Waals surface area (Å²) in [6, 6.07) is 0.648. The molecule has 1 atom stereocenters. The molecule has 1 N–H and O–H groups in total. The van der Waals surface area contributed by atoms with Gasteiger partial charge in [-0.1, -0.05) is 0 Å². The van der Waals surface area contributed by atoms with Gasteiger partial charge in [0.05, 0.1) is 6.20 Å². The van der Waals surface area contributed by atoms with E-state index < -0.39 is 0 Å². The van der Waals surface area contributed by atoms with Crippen LogP contribution >= 0.6 is 0 Å². The van der Waals surface area contributed by atoms with Gasteiger partial charge in [-0.25, -0.2) is 0 Å². The Bertz CT molecular complexity index is 352. The summed E-state index contributed by atoms with van der Waals surface area (Å²) in [6.07, 6.45) is 6.79. The van der Waals surface area contributed by atoms with Gasteiger partial charge in [-0.05, 0) is 52.7 Å². The Morgan fingerprint density at radius 2 is 2.17 bits per heavy atom. The molecule has 4 nitrogen and oxygen atoms in total. The minimum absolute atomic E-state index is 0.648. The van der Waals surface area contributed by atoms with Crippen molar-refractivity contribution in [3.8, 4) is 0 Å². The first-order chi connectivity index (χ1) is 8.72. The molecule has 1 fully saturated rings. The van der Waals surface area contributed by atoms with E-state index in [2.05, 4.69) is 42.4 Å². The second-order valence-corrected chi connectivity index (χ2v) is 5.40. The average molecular weight is 250 g/mol. The largest absolute Gasteiger partial charge is 0.317 e. The predicted molar refractivity (Wildman–Crippen MR) is 74.4 cm³/mol. The van der Waals surface area contributed by atoms with Crippen LogP contribution in [0.25, 0.3) is 0 Å². The van der Waals surface area contributed by atoms with Crippen LogP contribution in [0.2, 0.25) is 0 Å². The zero-order valence-electron chi connectivity index (χ0n) is 11.9. The zero-order valence-corrected chi connectivity index (χ0v) is 11.9. The highest BCUT2D eigenvalue weighted by molar-refractivity contribution is 5.03. The number of nitrogens with one attached hydrogen (secondary N) is 1. The smallest absolute Gasteiger partial charge is 0.0534 e. The second kappa shape index (κ2) is 6.34. The molecule has 0 aromatic carbocycles. The van der Waals surface area contributed by atoms with Crippen LogP contribution in [0, 0.1) is 5.92 Å². The van der Waals surface area contributed by atoms with Crippen LogP contribution in [0.15, 0.2) is 12.4 Å². The molecule has 0 bridgehead atoms. The first-order valence-corrected chi connectivity index (χ1v) is 7.14. The minimum Gasteiger partial charge on any atom is -0.317 e. The van der Waals surface area contributed by atoms with Gasteiger partial charge in [-0.15, -0.1) is 0 Å². The van der Waals surface area contributed by atoms with Gasteiger partial charge in [0.15, 0.2) is 0 Å². The van der Waals surface area contributed by atoms with Crippen LogP contribution in [-0.2, 0) is 13.1 Å². The van der Waals surface area contributed by atoms with Crippen molar-refractivity contribution in [2.24, 2.45) is 5.92 Å². The zero-order chi connectivity index (χ0) is 13.0. The molecule has 0 aliphatic carbocycles. The van der Waals surface area contributed by atoms with Crippen LogP contribution < -0.4 is 5.32 Å². The molecule has 102 valence electrons. The molecular weight excluding hydrogens is 224 g/mol. The maximum absolute atomic E-state index is 4.34. The summed E-state index contributed by atoms with van der Waals surface area (Å²) in [5, 5.41) is 7.71. The van der Waals surface area contributed by atoms with Gasteiger partial charge in [0.2, 0.25) is 0 Å². The molecular formula is C14H26N4. The number of likely N-dealkylation sites (tertiary alicyclic amines) is 1. The highest BCUT2D eigenvalue weighted by Gasteiger charge is 2.22. The molecule has 2 heterocycles. The highest BCUT2D eigenvalue weighted by Crippen LogP contribution is 2.21. The Kier molecular flexibility index (Phi) is 4.78. The monoisotopic (exact) mass is 250 g/mol. The van der Waals surface area contributed by atoms with Crippen molar-refractivity contribution in [1.82, 2.24) is 20.0 Å². The summed E-state index contributed by atoms with van der Waals surface area (Å²) in [6.45, 7) is 8.87.